The predicted octanol–water partition coefficient (Wildman–Crippen LogP) is 3.26. The maximum Gasteiger partial charge on any atom is 0.275 e. The summed E-state index contributed by atoms with van der Waals surface area (Å²) in [6.45, 7) is 4.29. The van der Waals surface area contributed by atoms with E-state index in [0.29, 0.717) is 12.2 Å². The van der Waals surface area contributed by atoms with Crippen LogP contribution in [-0.2, 0) is 4.79 Å². The van der Waals surface area contributed by atoms with E-state index in [-0.39, 0.29) is 24.4 Å². The van der Waals surface area contributed by atoms with Crippen LogP contribution < -0.4 is 4.90 Å². The van der Waals surface area contributed by atoms with Crippen molar-refractivity contribution in [2.75, 3.05) is 18.0 Å². The molecule has 0 saturated carbocycles. The van der Waals surface area contributed by atoms with Gasteiger partial charge in [-0.15, -0.1) is 0 Å². The Labute approximate surface area is 163 Å². The first-order valence-corrected chi connectivity index (χ1v) is 9.32. The van der Waals surface area contributed by atoms with Crippen LogP contribution >= 0.6 is 0 Å². The zero-order valence-electron chi connectivity index (χ0n) is 15.9. The number of aryl methyl sites for hydroxylation is 1. The molecular formula is C22H22N4O2. The highest BCUT2D eigenvalue weighted by Crippen LogP contribution is 2.27. The molecule has 1 atom stereocenters. The maximum absolute atomic E-state index is 12.8. The van der Waals surface area contributed by atoms with Gasteiger partial charge in [0.25, 0.3) is 5.91 Å². The van der Waals surface area contributed by atoms with Crippen molar-refractivity contribution in [2.45, 2.75) is 19.9 Å². The lowest BCUT2D eigenvalue weighted by Gasteiger charge is -2.39. The second-order valence-electron chi connectivity index (χ2n) is 7.14. The Morgan fingerprint density at radius 1 is 1.07 bits per heavy atom. The van der Waals surface area contributed by atoms with Gasteiger partial charge in [0.15, 0.2) is 0 Å². The minimum Gasteiger partial charge on any atom is -0.323 e. The van der Waals surface area contributed by atoms with Gasteiger partial charge in [0.1, 0.15) is 12.2 Å². The summed E-state index contributed by atoms with van der Waals surface area (Å²) in [6.07, 6.45) is 0. The number of H-pyrrole nitrogens is 1. The van der Waals surface area contributed by atoms with E-state index < -0.39 is 0 Å². The van der Waals surface area contributed by atoms with Crippen LogP contribution in [0.5, 0.6) is 0 Å². The first-order chi connectivity index (χ1) is 13.5. The molecule has 2 heterocycles. The zero-order chi connectivity index (χ0) is 19.7. The van der Waals surface area contributed by atoms with Gasteiger partial charge >= 0.3 is 0 Å². The van der Waals surface area contributed by atoms with E-state index in [4.69, 9.17) is 0 Å². The molecule has 1 fully saturated rings. The molecule has 142 valence electrons. The number of rotatable bonds is 3. The molecule has 1 aromatic heterocycles. The Kier molecular flexibility index (Phi) is 4.69. The van der Waals surface area contributed by atoms with Crippen molar-refractivity contribution >= 4 is 17.5 Å². The van der Waals surface area contributed by atoms with Crippen LogP contribution in [0.1, 0.15) is 23.1 Å². The molecule has 3 aromatic rings. The molecule has 6 heteroatoms. The van der Waals surface area contributed by atoms with Gasteiger partial charge < -0.3 is 9.80 Å². The van der Waals surface area contributed by atoms with E-state index in [9.17, 15) is 9.59 Å². The first-order valence-electron chi connectivity index (χ1n) is 9.32. The van der Waals surface area contributed by atoms with Crippen LogP contribution in [0.15, 0.2) is 60.7 Å². The van der Waals surface area contributed by atoms with Crippen LogP contribution in [-0.4, -0.2) is 46.0 Å². The molecule has 1 N–H and O–H groups in total. The number of nitrogens with zero attached hydrogens (tertiary/aromatic N) is 3. The highest BCUT2D eigenvalue weighted by molar-refractivity contribution is 6.01. The summed E-state index contributed by atoms with van der Waals surface area (Å²) >= 11 is 0. The Hall–Kier alpha value is -3.41. The number of hydrogen-bond acceptors (Lipinski definition) is 3. The average Bonchev–Trinajstić information content (AvgIpc) is 3.16. The second-order valence-corrected chi connectivity index (χ2v) is 7.14. The van der Waals surface area contributed by atoms with E-state index in [1.165, 1.54) is 0 Å². The summed E-state index contributed by atoms with van der Waals surface area (Å²) in [5, 5.41) is 6.81. The first kappa shape index (κ1) is 18.0. The topological polar surface area (TPSA) is 69.3 Å². The number of carbonyl (C=O) groups excluding carboxylic acids is 2. The third-order valence-electron chi connectivity index (χ3n) is 5.04. The Morgan fingerprint density at radius 2 is 1.82 bits per heavy atom. The molecule has 2 amide bonds. The highest BCUT2D eigenvalue weighted by Gasteiger charge is 2.34. The number of aromatic amines is 1. The SMILES string of the molecule is Cc1cc(C(=O)N2CC(=O)N(c3cccc(-c4ccccc4)c3)C[C@H]2C)n[nH]1. The van der Waals surface area contributed by atoms with Gasteiger partial charge in [0.2, 0.25) is 5.91 Å². The molecule has 1 aliphatic rings. The van der Waals surface area contributed by atoms with Crippen molar-refractivity contribution in [3.8, 4) is 11.1 Å². The molecule has 28 heavy (non-hydrogen) atoms. The molecule has 1 aliphatic heterocycles. The maximum atomic E-state index is 12.8. The summed E-state index contributed by atoms with van der Waals surface area (Å²) < 4.78 is 0. The monoisotopic (exact) mass is 374 g/mol. The third kappa shape index (κ3) is 3.41. The second kappa shape index (κ2) is 7.31. The van der Waals surface area contributed by atoms with E-state index in [2.05, 4.69) is 10.2 Å². The number of amides is 2. The number of piperazine rings is 1. The number of anilines is 1. The van der Waals surface area contributed by atoms with Crippen LogP contribution in [0.4, 0.5) is 5.69 Å². The molecule has 4 rings (SSSR count). The smallest absolute Gasteiger partial charge is 0.275 e. The number of aromatic nitrogens is 2. The van der Waals surface area contributed by atoms with Gasteiger partial charge in [-0.25, -0.2) is 0 Å². The Bertz CT molecular complexity index is 1010. The molecule has 0 unspecified atom stereocenters. The minimum atomic E-state index is -0.220. The van der Waals surface area contributed by atoms with Gasteiger partial charge in [-0.05, 0) is 43.2 Å². The fraction of sp³-hybridized carbons (Fsp3) is 0.227. The molecular weight excluding hydrogens is 352 g/mol. The molecule has 6 nitrogen and oxygen atoms in total. The Balaban J connectivity index is 1.55. The van der Waals surface area contributed by atoms with Crippen LogP contribution in [0, 0.1) is 6.92 Å². The van der Waals surface area contributed by atoms with Gasteiger partial charge in [0, 0.05) is 24.0 Å². The van der Waals surface area contributed by atoms with E-state index in [1.807, 2.05) is 68.4 Å². The lowest BCUT2D eigenvalue weighted by atomic mass is 10.0. The number of benzene rings is 2. The summed E-state index contributed by atoms with van der Waals surface area (Å²) in [4.78, 5) is 28.9. The molecule has 2 aromatic carbocycles. The van der Waals surface area contributed by atoms with Crippen molar-refractivity contribution < 1.29 is 9.59 Å². The summed E-state index contributed by atoms with van der Waals surface area (Å²) in [5.41, 5.74) is 4.17. The van der Waals surface area contributed by atoms with Crippen LogP contribution in [0.3, 0.4) is 0 Å². The molecule has 0 radical (unpaired) electrons. The van der Waals surface area contributed by atoms with Crippen molar-refractivity contribution in [1.29, 1.82) is 0 Å². The average molecular weight is 374 g/mol. The number of hydrogen-bond donors (Lipinski definition) is 1. The number of carbonyl (C=O) groups is 2. The van der Waals surface area contributed by atoms with Crippen molar-refractivity contribution in [2.24, 2.45) is 0 Å². The zero-order valence-corrected chi connectivity index (χ0v) is 15.9. The van der Waals surface area contributed by atoms with Gasteiger partial charge in [-0.2, -0.15) is 5.10 Å². The largest absolute Gasteiger partial charge is 0.323 e. The van der Waals surface area contributed by atoms with E-state index in [0.717, 1.165) is 22.5 Å². The summed E-state index contributed by atoms with van der Waals surface area (Å²) in [7, 11) is 0. The fourth-order valence-electron chi connectivity index (χ4n) is 3.53. The molecule has 1 saturated heterocycles. The van der Waals surface area contributed by atoms with Crippen molar-refractivity contribution in [3.63, 3.8) is 0 Å². The van der Waals surface area contributed by atoms with Crippen LogP contribution in [0.2, 0.25) is 0 Å². The van der Waals surface area contributed by atoms with E-state index in [1.54, 1.807) is 15.9 Å². The third-order valence-corrected chi connectivity index (χ3v) is 5.04. The molecule has 0 bridgehead atoms. The fourth-order valence-corrected chi connectivity index (χ4v) is 3.53. The standard InChI is InChI=1S/C22H22N4O2/c1-15-11-20(24-23-15)22(28)25-14-21(27)26(13-16(25)2)19-10-6-9-18(12-19)17-7-4-3-5-8-17/h3-12,16H,13-14H2,1-2H3,(H,23,24)/t16-/m1/s1. The van der Waals surface area contributed by atoms with Crippen molar-refractivity contribution in [3.05, 3.63) is 72.1 Å². The van der Waals surface area contributed by atoms with E-state index >= 15 is 0 Å². The van der Waals surface area contributed by atoms with Crippen LogP contribution in [0.25, 0.3) is 11.1 Å². The summed E-state index contributed by atoms with van der Waals surface area (Å²) in [6, 6.07) is 19.6. The molecule has 0 aliphatic carbocycles. The lowest BCUT2D eigenvalue weighted by Crippen LogP contribution is -2.57. The van der Waals surface area contributed by atoms with Gasteiger partial charge in [-0.1, -0.05) is 42.5 Å². The van der Waals surface area contributed by atoms with Gasteiger partial charge in [0.05, 0.1) is 0 Å². The normalized spacial score (nSPS) is 17.1. The summed E-state index contributed by atoms with van der Waals surface area (Å²) in [5.74, 6) is -0.313. The predicted molar refractivity (Wildman–Crippen MR) is 108 cm³/mol. The highest BCUT2D eigenvalue weighted by atomic mass is 16.2. The molecule has 0 spiro atoms. The Morgan fingerprint density at radius 3 is 2.54 bits per heavy atom. The lowest BCUT2D eigenvalue weighted by molar-refractivity contribution is -0.121. The van der Waals surface area contributed by atoms with Gasteiger partial charge in [-0.3, -0.25) is 14.7 Å². The van der Waals surface area contributed by atoms with Crippen molar-refractivity contribution in [1.82, 2.24) is 15.1 Å². The quantitative estimate of drug-likeness (QED) is 0.765. The number of nitrogens with one attached hydrogen (secondary N) is 1. The minimum absolute atomic E-state index is 0.0431.